The molecule has 2 N–H and O–H groups in total. The molecule has 0 atom stereocenters. The summed E-state index contributed by atoms with van der Waals surface area (Å²) in [6.07, 6.45) is 1.97. The third kappa shape index (κ3) is 7.95. The fourth-order valence-electron chi connectivity index (χ4n) is 2.81. The Morgan fingerprint density at radius 2 is 1.67 bits per heavy atom. The highest BCUT2D eigenvalue weighted by Gasteiger charge is 2.17. The molecule has 3 amide bonds. The minimum Gasteiger partial charge on any atom is -0.497 e. The SMILES string of the molecule is CCCCN(CC(=O)NCC(=O)Nc1ccc(OC)cc1)C(=O)Cc1ccccc1. The van der Waals surface area contributed by atoms with Gasteiger partial charge in [-0.05, 0) is 36.2 Å². The number of amides is 3. The van der Waals surface area contributed by atoms with E-state index in [4.69, 9.17) is 4.74 Å². The molecule has 7 heteroatoms. The van der Waals surface area contributed by atoms with Crippen molar-refractivity contribution in [3.05, 3.63) is 60.2 Å². The van der Waals surface area contributed by atoms with E-state index in [2.05, 4.69) is 10.6 Å². The molecule has 30 heavy (non-hydrogen) atoms. The zero-order chi connectivity index (χ0) is 21.8. The van der Waals surface area contributed by atoms with E-state index in [1.165, 1.54) is 0 Å². The summed E-state index contributed by atoms with van der Waals surface area (Å²) in [5.74, 6) is -0.122. The third-order valence-corrected chi connectivity index (χ3v) is 4.49. The summed E-state index contributed by atoms with van der Waals surface area (Å²) in [6.45, 7) is 2.30. The number of nitrogens with one attached hydrogen (secondary N) is 2. The largest absolute Gasteiger partial charge is 0.497 e. The number of benzene rings is 2. The average Bonchev–Trinajstić information content (AvgIpc) is 2.76. The first-order valence-electron chi connectivity index (χ1n) is 10.0. The van der Waals surface area contributed by atoms with E-state index in [-0.39, 0.29) is 37.2 Å². The number of unbranched alkanes of at least 4 members (excludes halogenated alkanes) is 1. The van der Waals surface area contributed by atoms with Crippen molar-refractivity contribution in [2.45, 2.75) is 26.2 Å². The van der Waals surface area contributed by atoms with E-state index in [1.807, 2.05) is 37.3 Å². The number of rotatable bonds is 11. The lowest BCUT2D eigenvalue weighted by molar-refractivity contribution is -0.135. The second-order valence-corrected chi connectivity index (χ2v) is 6.88. The molecule has 0 fully saturated rings. The van der Waals surface area contributed by atoms with Crippen molar-refractivity contribution in [1.82, 2.24) is 10.2 Å². The highest BCUT2D eigenvalue weighted by Crippen LogP contribution is 2.14. The van der Waals surface area contributed by atoms with Gasteiger partial charge in [-0.3, -0.25) is 14.4 Å². The summed E-state index contributed by atoms with van der Waals surface area (Å²) in [5, 5.41) is 5.28. The average molecular weight is 412 g/mol. The molecule has 0 aliphatic rings. The maximum atomic E-state index is 12.6. The standard InChI is InChI=1S/C23H29N3O4/c1-3-4-14-26(23(29)15-18-8-6-5-7-9-18)17-22(28)24-16-21(27)25-19-10-12-20(30-2)13-11-19/h5-13H,3-4,14-17H2,1-2H3,(H,24,28)(H,25,27). The van der Waals surface area contributed by atoms with Gasteiger partial charge in [-0.2, -0.15) is 0 Å². The van der Waals surface area contributed by atoms with Gasteiger partial charge < -0.3 is 20.3 Å². The van der Waals surface area contributed by atoms with Crippen LogP contribution in [-0.2, 0) is 20.8 Å². The highest BCUT2D eigenvalue weighted by atomic mass is 16.5. The van der Waals surface area contributed by atoms with Crippen molar-refractivity contribution in [2.24, 2.45) is 0 Å². The number of ether oxygens (including phenoxy) is 1. The molecular weight excluding hydrogens is 382 g/mol. The van der Waals surface area contributed by atoms with Crippen LogP contribution in [0.1, 0.15) is 25.3 Å². The van der Waals surface area contributed by atoms with Crippen molar-refractivity contribution in [3.63, 3.8) is 0 Å². The zero-order valence-electron chi connectivity index (χ0n) is 17.5. The Morgan fingerprint density at radius 3 is 2.30 bits per heavy atom. The predicted octanol–water partition coefficient (Wildman–Crippen LogP) is 2.62. The number of carbonyl (C=O) groups is 3. The molecule has 0 saturated heterocycles. The second-order valence-electron chi connectivity index (χ2n) is 6.88. The van der Waals surface area contributed by atoms with Gasteiger partial charge >= 0.3 is 0 Å². The summed E-state index contributed by atoms with van der Waals surface area (Å²) in [4.78, 5) is 38.6. The molecule has 7 nitrogen and oxygen atoms in total. The van der Waals surface area contributed by atoms with Crippen LogP contribution in [0.2, 0.25) is 0 Å². The maximum absolute atomic E-state index is 12.6. The third-order valence-electron chi connectivity index (χ3n) is 4.49. The summed E-state index contributed by atoms with van der Waals surface area (Å²) in [6, 6.07) is 16.3. The van der Waals surface area contributed by atoms with E-state index in [0.29, 0.717) is 18.0 Å². The van der Waals surface area contributed by atoms with Gasteiger partial charge in [-0.15, -0.1) is 0 Å². The lowest BCUT2D eigenvalue weighted by Crippen LogP contribution is -2.43. The Balaban J connectivity index is 1.83. The number of hydrogen-bond acceptors (Lipinski definition) is 4. The fourth-order valence-corrected chi connectivity index (χ4v) is 2.81. The van der Waals surface area contributed by atoms with Crippen molar-refractivity contribution >= 4 is 23.4 Å². The van der Waals surface area contributed by atoms with Crippen molar-refractivity contribution in [2.75, 3.05) is 32.1 Å². The van der Waals surface area contributed by atoms with Gasteiger partial charge in [-0.1, -0.05) is 43.7 Å². The minimum atomic E-state index is -0.364. The van der Waals surface area contributed by atoms with Crippen LogP contribution in [0, 0.1) is 0 Å². The smallest absolute Gasteiger partial charge is 0.243 e. The van der Waals surface area contributed by atoms with Crippen LogP contribution in [0.5, 0.6) is 5.75 Å². The quantitative estimate of drug-likeness (QED) is 0.595. The van der Waals surface area contributed by atoms with Crippen molar-refractivity contribution < 1.29 is 19.1 Å². The molecule has 0 aromatic heterocycles. The van der Waals surface area contributed by atoms with Crippen molar-refractivity contribution in [3.8, 4) is 5.75 Å². The van der Waals surface area contributed by atoms with Gasteiger partial charge in [-0.25, -0.2) is 0 Å². The summed E-state index contributed by atoms with van der Waals surface area (Å²) >= 11 is 0. The number of nitrogens with zero attached hydrogens (tertiary/aromatic N) is 1. The van der Waals surface area contributed by atoms with Gasteiger partial charge in [0.15, 0.2) is 0 Å². The summed E-state index contributed by atoms with van der Waals surface area (Å²) in [5.41, 5.74) is 1.51. The van der Waals surface area contributed by atoms with Crippen LogP contribution in [0.15, 0.2) is 54.6 Å². The Morgan fingerprint density at radius 1 is 0.967 bits per heavy atom. The molecule has 0 aliphatic carbocycles. The van der Waals surface area contributed by atoms with Crippen LogP contribution in [-0.4, -0.2) is 49.4 Å². The van der Waals surface area contributed by atoms with Crippen LogP contribution < -0.4 is 15.4 Å². The molecule has 0 radical (unpaired) electrons. The number of methoxy groups -OCH3 is 1. The van der Waals surface area contributed by atoms with Crippen LogP contribution in [0.3, 0.4) is 0 Å². The summed E-state index contributed by atoms with van der Waals surface area (Å²) in [7, 11) is 1.57. The minimum absolute atomic E-state index is 0.0680. The highest BCUT2D eigenvalue weighted by molar-refractivity contribution is 5.95. The topological polar surface area (TPSA) is 87.7 Å². The lowest BCUT2D eigenvalue weighted by Gasteiger charge is -2.22. The van der Waals surface area contributed by atoms with Gasteiger partial charge in [0.2, 0.25) is 17.7 Å². The first-order chi connectivity index (χ1) is 14.5. The number of anilines is 1. The normalized spacial score (nSPS) is 10.2. The Bertz CT molecular complexity index is 822. The molecule has 2 aromatic carbocycles. The maximum Gasteiger partial charge on any atom is 0.243 e. The first-order valence-corrected chi connectivity index (χ1v) is 10.0. The Hall–Kier alpha value is -3.35. The first kappa shape index (κ1) is 22.9. The van der Waals surface area contributed by atoms with E-state index < -0.39 is 0 Å². The zero-order valence-corrected chi connectivity index (χ0v) is 17.5. The molecule has 0 unspecified atom stereocenters. The predicted molar refractivity (Wildman–Crippen MR) is 116 cm³/mol. The fraction of sp³-hybridized carbons (Fsp3) is 0.348. The molecule has 0 heterocycles. The Labute approximate surface area is 177 Å². The molecule has 2 rings (SSSR count). The second kappa shape index (κ2) is 12.3. The van der Waals surface area contributed by atoms with Gasteiger partial charge in [0, 0.05) is 12.2 Å². The van der Waals surface area contributed by atoms with Crippen molar-refractivity contribution in [1.29, 1.82) is 0 Å². The van der Waals surface area contributed by atoms with Gasteiger partial charge in [0.1, 0.15) is 5.75 Å². The van der Waals surface area contributed by atoms with Crippen LogP contribution in [0.25, 0.3) is 0 Å². The molecular formula is C23H29N3O4. The van der Waals surface area contributed by atoms with E-state index >= 15 is 0 Å². The molecule has 0 bridgehead atoms. The lowest BCUT2D eigenvalue weighted by atomic mass is 10.1. The monoisotopic (exact) mass is 411 g/mol. The molecule has 0 aliphatic heterocycles. The van der Waals surface area contributed by atoms with Gasteiger partial charge in [0.05, 0.1) is 26.6 Å². The number of carbonyl (C=O) groups excluding carboxylic acids is 3. The molecule has 0 spiro atoms. The molecule has 2 aromatic rings. The van der Waals surface area contributed by atoms with Gasteiger partial charge in [0.25, 0.3) is 0 Å². The van der Waals surface area contributed by atoms with E-state index in [9.17, 15) is 14.4 Å². The number of hydrogen-bond donors (Lipinski definition) is 2. The van der Waals surface area contributed by atoms with Crippen LogP contribution >= 0.6 is 0 Å². The van der Waals surface area contributed by atoms with Crippen LogP contribution in [0.4, 0.5) is 5.69 Å². The Kier molecular flexibility index (Phi) is 9.37. The van der Waals surface area contributed by atoms with E-state index in [1.54, 1.807) is 36.3 Å². The molecule has 0 saturated carbocycles. The van der Waals surface area contributed by atoms with E-state index in [0.717, 1.165) is 18.4 Å². The molecule has 160 valence electrons. The summed E-state index contributed by atoms with van der Waals surface area (Å²) < 4.78 is 5.07.